The molecule has 2 aromatic carbocycles. The number of nitrogens with zero attached hydrogens (tertiary/aromatic N) is 3. The molecule has 5 rings (SSSR count). The van der Waals surface area contributed by atoms with E-state index in [2.05, 4.69) is 27.4 Å². The van der Waals surface area contributed by atoms with Gasteiger partial charge in [-0.1, -0.05) is 48.5 Å². The number of fused-ring (bicyclic) bond motifs is 1. The molecule has 3 heterocycles. The Labute approximate surface area is 185 Å². The third-order valence-electron chi connectivity index (χ3n) is 5.48. The van der Waals surface area contributed by atoms with E-state index < -0.39 is 0 Å². The standard InChI is InChI=1S/C26H23N5O/c32-26(28-14-12-20-16-29-24-11-5-4-10-22(20)24)23-18-31(17-19-7-2-1-3-8-19)30-25(23)21-9-6-13-27-15-21/h1-11,13,15-16,18,29H,12,14,17H2,(H,28,32). The van der Waals surface area contributed by atoms with E-state index in [1.165, 1.54) is 10.9 Å². The number of hydrogen-bond donors (Lipinski definition) is 2. The molecule has 3 aromatic heterocycles. The second kappa shape index (κ2) is 8.89. The Bertz CT molecular complexity index is 1340. The van der Waals surface area contributed by atoms with Crippen molar-refractivity contribution in [1.82, 2.24) is 25.1 Å². The smallest absolute Gasteiger partial charge is 0.255 e. The van der Waals surface area contributed by atoms with Gasteiger partial charge in [-0.25, -0.2) is 0 Å². The van der Waals surface area contributed by atoms with E-state index in [0.29, 0.717) is 24.3 Å². The number of nitrogens with one attached hydrogen (secondary N) is 2. The first kappa shape index (κ1) is 19.8. The molecule has 6 heteroatoms. The van der Waals surface area contributed by atoms with E-state index >= 15 is 0 Å². The van der Waals surface area contributed by atoms with Gasteiger partial charge in [-0.2, -0.15) is 5.10 Å². The number of aromatic nitrogens is 4. The van der Waals surface area contributed by atoms with Crippen LogP contribution in [0.4, 0.5) is 0 Å². The average molecular weight is 422 g/mol. The summed E-state index contributed by atoms with van der Waals surface area (Å²) in [6.07, 6.45) is 8.02. The Morgan fingerprint density at radius 2 is 1.84 bits per heavy atom. The zero-order valence-corrected chi connectivity index (χ0v) is 17.5. The summed E-state index contributed by atoms with van der Waals surface area (Å²) in [7, 11) is 0. The van der Waals surface area contributed by atoms with Crippen molar-refractivity contribution in [2.75, 3.05) is 6.54 Å². The van der Waals surface area contributed by atoms with Crippen LogP contribution >= 0.6 is 0 Å². The largest absolute Gasteiger partial charge is 0.361 e. The van der Waals surface area contributed by atoms with E-state index in [1.807, 2.05) is 71.7 Å². The highest BCUT2D eigenvalue weighted by atomic mass is 16.1. The molecule has 0 aliphatic carbocycles. The number of para-hydroxylation sites is 1. The van der Waals surface area contributed by atoms with Crippen molar-refractivity contribution >= 4 is 16.8 Å². The summed E-state index contributed by atoms with van der Waals surface area (Å²) in [5.41, 5.74) is 5.43. The highest BCUT2D eigenvalue weighted by Crippen LogP contribution is 2.22. The van der Waals surface area contributed by atoms with Crippen molar-refractivity contribution in [2.45, 2.75) is 13.0 Å². The number of carbonyl (C=O) groups is 1. The van der Waals surface area contributed by atoms with E-state index in [4.69, 9.17) is 5.10 Å². The van der Waals surface area contributed by atoms with Gasteiger partial charge in [0.2, 0.25) is 0 Å². The summed E-state index contributed by atoms with van der Waals surface area (Å²) in [5, 5.41) is 8.96. The van der Waals surface area contributed by atoms with Crippen LogP contribution in [0.2, 0.25) is 0 Å². The molecular weight excluding hydrogens is 398 g/mol. The maximum absolute atomic E-state index is 13.1. The number of pyridine rings is 1. The third-order valence-corrected chi connectivity index (χ3v) is 5.48. The van der Waals surface area contributed by atoms with Crippen LogP contribution in [0.25, 0.3) is 22.2 Å². The van der Waals surface area contributed by atoms with Gasteiger partial charge in [0.05, 0.1) is 12.1 Å². The van der Waals surface area contributed by atoms with Crippen molar-refractivity contribution in [3.63, 3.8) is 0 Å². The van der Waals surface area contributed by atoms with Crippen molar-refractivity contribution in [3.8, 4) is 11.3 Å². The SMILES string of the molecule is O=C(NCCc1c[nH]c2ccccc12)c1cn(Cc2ccccc2)nc1-c1cccnc1. The fourth-order valence-corrected chi connectivity index (χ4v) is 3.90. The summed E-state index contributed by atoms with van der Waals surface area (Å²) >= 11 is 0. The minimum atomic E-state index is -0.136. The molecule has 0 saturated heterocycles. The van der Waals surface area contributed by atoms with Crippen molar-refractivity contribution < 1.29 is 4.79 Å². The van der Waals surface area contributed by atoms with Gasteiger partial charge in [-0.05, 0) is 35.7 Å². The van der Waals surface area contributed by atoms with Crippen molar-refractivity contribution in [2.24, 2.45) is 0 Å². The molecule has 0 aliphatic heterocycles. The molecular formula is C26H23N5O. The summed E-state index contributed by atoms with van der Waals surface area (Å²) in [6, 6.07) is 22.0. The Kier molecular flexibility index (Phi) is 5.49. The molecule has 6 nitrogen and oxygen atoms in total. The Morgan fingerprint density at radius 3 is 2.69 bits per heavy atom. The van der Waals surface area contributed by atoms with Gasteiger partial charge in [-0.3, -0.25) is 14.5 Å². The predicted molar refractivity (Wildman–Crippen MR) is 125 cm³/mol. The monoisotopic (exact) mass is 421 g/mol. The Morgan fingerprint density at radius 1 is 1.00 bits per heavy atom. The number of amides is 1. The van der Waals surface area contributed by atoms with E-state index in [9.17, 15) is 4.79 Å². The summed E-state index contributed by atoms with van der Waals surface area (Å²) < 4.78 is 1.81. The molecule has 0 radical (unpaired) electrons. The topological polar surface area (TPSA) is 75.6 Å². The fourth-order valence-electron chi connectivity index (χ4n) is 3.90. The normalized spacial score (nSPS) is 11.0. The lowest BCUT2D eigenvalue weighted by Crippen LogP contribution is -2.25. The minimum Gasteiger partial charge on any atom is -0.361 e. The summed E-state index contributed by atoms with van der Waals surface area (Å²) in [5.74, 6) is -0.136. The maximum Gasteiger partial charge on any atom is 0.255 e. The van der Waals surface area contributed by atoms with Crippen LogP contribution in [-0.2, 0) is 13.0 Å². The Hall–Kier alpha value is -4.19. The van der Waals surface area contributed by atoms with Gasteiger partial charge in [0.25, 0.3) is 5.91 Å². The second-order valence-electron chi connectivity index (χ2n) is 7.68. The van der Waals surface area contributed by atoms with E-state index in [1.54, 1.807) is 12.4 Å². The average Bonchev–Trinajstić information content (AvgIpc) is 3.45. The lowest BCUT2D eigenvalue weighted by Gasteiger charge is -2.05. The zero-order valence-electron chi connectivity index (χ0n) is 17.5. The Balaban J connectivity index is 1.35. The van der Waals surface area contributed by atoms with Crippen LogP contribution in [0.15, 0.2) is 91.5 Å². The fraction of sp³-hybridized carbons (Fsp3) is 0.115. The van der Waals surface area contributed by atoms with E-state index in [0.717, 1.165) is 23.1 Å². The van der Waals surface area contributed by atoms with Crippen molar-refractivity contribution in [3.05, 3.63) is 108 Å². The minimum absolute atomic E-state index is 0.136. The second-order valence-corrected chi connectivity index (χ2v) is 7.68. The van der Waals surface area contributed by atoms with Crippen LogP contribution in [0.5, 0.6) is 0 Å². The quantitative estimate of drug-likeness (QED) is 0.408. The molecule has 1 amide bonds. The molecule has 0 unspecified atom stereocenters. The number of hydrogen-bond acceptors (Lipinski definition) is 3. The molecule has 5 aromatic rings. The molecule has 0 aliphatic rings. The van der Waals surface area contributed by atoms with Gasteiger partial charge in [0, 0.05) is 47.8 Å². The van der Waals surface area contributed by atoms with E-state index in [-0.39, 0.29) is 5.91 Å². The van der Waals surface area contributed by atoms with Gasteiger partial charge in [-0.15, -0.1) is 0 Å². The number of carbonyl (C=O) groups excluding carboxylic acids is 1. The van der Waals surface area contributed by atoms with Crippen LogP contribution in [-0.4, -0.2) is 32.2 Å². The zero-order chi connectivity index (χ0) is 21.8. The lowest BCUT2D eigenvalue weighted by atomic mass is 10.1. The molecule has 0 fully saturated rings. The van der Waals surface area contributed by atoms with Crippen LogP contribution in [0.1, 0.15) is 21.5 Å². The summed E-state index contributed by atoms with van der Waals surface area (Å²) in [6.45, 7) is 1.13. The van der Waals surface area contributed by atoms with Gasteiger partial charge in [0.15, 0.2) is 0 Å². The lowest BCUT2D eigenvalue weighted by molar-refractivity contribution is 0.0954. The molecule has 0 atom stereocenters. The van der Waals surface area contributed by atoms with Gasteiger partial charge >= 0.3 is 0 Å². The molecule has 32 heavy (non-hydrogen) atoms. The molecule has 158 valence electrons. The number of rotatable bonds is 7. The molecule has 0 spiro atoms. The number of H-pyrrole nitrogens is 1. The molecule has 0 bridgehead atoms. The van der Waals surface area contributed by atoms with Crippen LogP contribution < -0.4 is 5.32 Å². The third kappa shape index (κ3) is 4.16. The first-order valence-corrected chi connectivity index (χ1v) is 10.6. The first-order valence-electron chi connectivity index (χ1n) is 10.6. The first-order chi connectivity index (χ1) is 15.8. The highest BCUT2D eigenvalue weighted by Gasteiger charge is 2.18. The van der Waals surface area contributed by atoms with Crippen LogP contribution in [0.3, 0.4) is 0 Å². The number of aromatic amines is 1. The van der Waals surface area contributed by atoms with Gasteiger partial charge < -0.3 is 10.3 Å². The van der Waals surface area contributed by atoms with Gasteiger partial charge in [0.1, 0.15) is 5.69 Å². The highest BCUT2D eigenvalue weighted by molar-refractivity contribution is 5.99. The van der Waals surface area contributed by atoms with Crippen LogP contribution in [0, 0.1) is 0 Å². The number of benzene rings is 2. The summed E-state index contributed by atoms with van der Waals surface area (Å²) in [4.78, 5) is 20.6. The maximum atomic E-state index is 13.1. The molecule has 2 N–H and O–H groups in total. The molecule has 0 saturated carbocycles. The predicted octanol–water partition coefficient (Wildman–Crippen LogP) is 4.45. The van der Waals surface area contributed by atoms with Crippen molar-refractivity contribution in [1.29, 1.82) is 0 Å².